The summed E-state index contributed by atoms with van der Waals surface area (Å²) < 4.78 is 5.33. The third-order valence-corrected chi connectivity index (χ3v) is 6.21. The Morgan fingerprint density at radius 2 is 1.90 bits per heavy atom. The van der Waals surface area contributed by atoms with Crippen LogP contribution in [0.4, 0.5) is 5.69 Å². The van der Waals surface area contributed by atoms with Crippen molar-refractivity contribution in [2.45, 2.75) is 25.3 Å². The molecule has 6 nitrogen and oxygen atoms in total. The molecule has 2 N–H and O–H groups in total. The van der Waals surface area contributed by atoms with Gasteiger partial charge in [-0.05, 0) is 41.7 Å². The first-order chi connectivity index (χ1) is 15.1. The van der Waals surface area contributed by atoms with Crippen molar-refractivity contribution in [2.24, 2.45) is 5.92 Å². The van der Waals surface area contributed by atoms with Gasteiger partial charge in [-0.3, -0.25) is 14.5 Å². The number of nitrogens with one attached hydrogen (secondary N) is 2. The molecule has 0 bridgehead atoms. The molecule has 4 rings (SSSR count). The summed E-state index contributed by atoms with van der Waals surface area (Å²) in [4.78, 5) is 27.1. The average molecular weight is 442 g/mol. The van der Waals surface area contributed by atoms with Crippen LogP contribution in [0.5, 0.6) is 0 Å². The van der Waals surface area contributed by atoms with Crippen molar-refractivity contribution in [3.05, 3.63) is 64.7 Å². The molecule has 1 heterocycles. The summed E-state index contributed by atoms with van der Waals surface area (Å²) in [5.74, 6) is 0.215. The molecule has 2 fully saturated rings. The van der Waals surface area contributed by atoms with Crippen LogP contribution in [0.1, 0.15) is 29.9 Å². The topological polar surface area (TPSA) is 70.7 Å². The van der Waals surface area contributed by atoms with Crippen molar-refractivity contribution in [1.82, 2.24) is 10.2 Å². The first kappa shape index (κ1) is 21.8. The van der Waals surface area contributed by atoms with Crippen LogP contribution in [0.25, 0.3) is 0 Å². The predicted molar refractivity (Wildman–Crippen MR) is 121 cm³/mol. The second-order valence-corrected chi connectivity index (χ2v) is 8.55. The van der Waals surface area contributed by atoms with Gasteiger partial charge in [0.25, 0.3) is 0 Å². The number of nitrogens with zero attached hydrogens (tertiary/aromatic N) is 1. The fraction of sp³-hybridized carbons (Fsp3) is 0.417. The lowest BCUT2D eigenvalue weighted by molar-refractivity contribution is -0.122. The van der Waals surface area contributed by atoms with Crippen LogP contribution in [0.15, 0.2) is 48.5 Å². The van der Waals surface area contributed by atoms with E-state index in [0.717, 1.165) is 61.1 Å². The van der Waals surface area contributed by atoms with Gasteiger partial charge in [0.05, 0.1) is 13.2 Å². The van der Waals surface area contributed by atoms with E-state index >= 15 is 0 Å². The summed E-state index contributed by atoms with van der Waals surface area (Å²) in [7, 11) is 0. The summed E-state index contributed by atoms with van der Waals surface area (Å²) in [6.07, 6.45) is 1.28. The standard InChI is InChI=1S/C24H28ClN3O3/c25-22-7-2-1-6-19(22)20-15-21(20)24(30)26-16-17-4-3-5-18(14-17)27-23(29)8-9-28-10-12-31-13-11-28/h1-7,14,20-21H,8-13,15-16H2,(H,26,30)(H,27,29). The van der Waals surface area contributed by atoms with Gasteiger partial charge in [0.15, 0.2) is 0 Å². The maximum Gasteiger partial charge on any atom is 0.225 e. The van der Waals surface area contributed by atoms with Crippen molar-refractivity contribution >= 4 is 29.1 Å². The molecule has 1 aliphatic heterocycles. The monoisotopic (exact) mass is 441 g/mol. The third-order valence-electron chi connectivity index (χ3n) is 5.87. The number of carbonyl (C=O) groups excluding carboxylic acids is 2. The maximum atomic E-state index is 12.5. The molecule has 2 unspecified atom stereocenters. The molecular formula is C24H28ClN3O3. The molecule has 2 aromatic carbocycles. The molecule has 1 saturated heterocycles. The Kier molecular flexibility index (Phi) is 7.22. The number of hydrogen-bond acceptors (Lipinski definition) is 4. The van der Waals surface area contributed by atoms with Crippen LogP contribution >= 0.6 is 11.6 Å². The fourth-order valence-corrected chi connectivity index (χ4v) is 4.27. The maximum absolute atomic E-state index is 12.5. The van der Waals surface area contributed by atoms with Crippen LogP contribution in [-0.2, 0) is 20.9 Å². The highest BCUT2D eigenvalue weighted by atomic mass is 35.5. The van der Waals surface area contributed by atoms with E-state index in [1.807, 2.05) is 48.5 Å². The van der Waals surface area contributed by atoms with Crippen molar-refractivity contribution in [3.63, 3.8) is 0 Å². The van der Waals surface area contributed by atoms with Gasteiger partial charge in [0.2, 0.25) is 11.8 Å². The molecule has 31 heavy (non-hydrogen) atoms. The Balaban J connectivity index is 1.23. The minimum atomic E-state index is -0.0250. The number of ether oxygens (including phenoxy) is 1. The Morgan fingerprint density at radius 1 is 1.10 bits per heavy atom. The van der Waals surface area contributed by atoms with Gasteiger partial charge in [-0.1, -0.05) is 41.9 Å². The molecule has 2 amide bonds. The van der Waals surface area contributed by atoms with Gasteiger partial charge in [0, 0.05) is 49.2 Å². The second kappa shape index (κ2) is 10.3. The molecule has 1 aliphatic carbocycles. The lowest BCUT2D eigenvalue weighted by atomic mass is 10.1. The molecule has 7 heteroatoms. The van der Waals surface area contributed by atoms with E-state index in [1.165, 1.54) is 0 Å². The van der Waals surface area contributed by atoms with Gasteiger partial charge in [0.1, 0.15) is 0 Å². The molecule has 164 valence electrons. The molecule has 0 radical (unpaired) electrons. The van der Waals surface area contributed by atoms with E-state index in [2.05, 4.69) is 15.5 Å². The van der Waals surface area contributed by atoms with E-state index < -0.39 is 0 Å². The van der Waals surface area contributed by atoms with E-state index in [4.69, 9.17) is 16.3 Å². The number of carbonyl (C=O) groups is 2. The third kappa shape index (κ3) is 6.06. The van der Waals surface area contributed by atoms with E-state index in [1.54, 1.807) is 0 Å². The van der Waals surface area contributed by atoms with Crippen LogP contribution in [0, 0.1) is 5.92 Å². The lowest BCUT2D eigenvalue weighted by Gasteiger charge is -2.26. The number of anilines is 1. The predicted octanol–water partition coefficient (Wildman–Crippen LogP) is 3.42. The quantitative estimate of drug-likeness (QED) is 0.658. The molecule has 2 aromatic rings. The van der Waals surface area contributed by atoms with Crippen molar-refractivity contribution < 1.29 is 14.3 Å². The number of halogens is 1. The zero-order valence-electron chi connectivity index (χ0n) is 17.5. The minimum Gasteiger partial charge on any atom is -0.379 e. The normalized spacial score (nSPS) is 20.8. The smallest absolute Gasteiger partial charge is 0.225 e. The lowest BCUT2D eigenvalue weighted by Crippen LogP contribution is -2.38. The number of amides is 2. The van der Waals surface area contributed by atoms with Crippen LogP contribution in [0.3, 0.4) is 0 Å². The van der Waals surface area contributed by atoms with E-state index in [-0.39, 0.29) is 23.7 Å². The Hall–Kier alpha value is -2.41. The SMILES string of the molecule is O=C(CCN1CCOCC1)Nc1cccc(CNC(=O)C2CC2c2ccccc2Cl)c1. The van der Waals surface area contributed by atoms with E-state index in [0.29, 0.717) is 13.0 Å². The summed E-state index contributed by atoms with van der Waals surface area (Å²) in [5, 5.41) is 6.69. The largest absolute Gasteiger partial charge is 0.379 e. The van der Waals surface area contributed by atoms with Gasteiger partial charge < -0.3 is 15.4 Å². The highest BCUT2D eigenvalue weighted by molar-refractivity contribution is 6.31. The first-order valence-corrected chi connectivity index (χ1v) is 11.2. The van der Waals surface area contributed by atoms with Gasteiger partial charge >= 0.3 is 0 Å². The Bertz CT molecular complexity index is 930. The zero-order valence-corrected chi connectivity index (χ0v) is 18.2. The number of benzene rings is 2. The Morgan fingerprint density at radius 3 is 2.71 bits per heavy atom. The molecule has 0 spiro atoms. The van der Waals surface area contributed by atoms with Crippen molar-refractivity contribution in [2.75, 3.05) is 38.2 Å². The molecule has 0 aromatic heterocycles. The molecule has 1 saturated carbocycles. The van der Waals surface area contributed by atoms with Gasteiger partial charge in [-0.25, -0.2) is 0 Å². The number of hydrogen-bond donors (Lipinski definition) is 2. The molecule has 2 aliphatic rings. The highest BCUT2D eigenvalue weighted by Crippen LogP contribution is 2.49. The van der Waals surface area contributed by atoms with Crippen LogP contribution in [0.2, 0.25) is 5.02 Å². The van der Waals surface area contributed by atoms with Gasteiger partial charge in [-0.2, -0.15) is 0 Å². The summed E-state index contributed by atoms with van der Waals surface area (Å²) >= 11 is 6.25. The number of rotatable bonds is 8. The molecule has 2 atom stereocenters. The zero-order chi connectivity index (χ0) is 21.6. The number of morpholine rings is 1. The average Bonchev–Trinajstić information content (AvgIpc) is 3.58. The van der Waals surface area contributed by atoms with Crippen LogP contribution in [-0.4, -0.2) is 49.6 Å². The van der Waals surface area contributed by atoms with Crippen LogP contribution < -0.4 is 10.6 Å². The Labute approximate surface area is 187 Å². The van der Waals surface area contributed by atoms with E-state index in [9.17, 15) is 9.59 Å². The second-order valence-electron chi connectivity index (χ2n) is 8.14. The highest BCUT2D eigenvalue weighted by Gasteiger charge is 2.44. The van der Waals surface area contributed by atoms with Crippen molar-refractivity contribution in [1.29, 1.82) is 0 Å². The summed E-state index contributed by atoms with van der Waals surface area (Å²) in [5.41, 5.74) is 2.75. The minimum absolute atomic E-state index is 0.00626. The molecular weight excluding hydrogens is 414 g/mol. The van der Waals surface area contributed by atoms with Gasteiger partial charge in [-0.15, -0.1) is 0 Å². The summed E-state index contributed by atoms with van der Waals surface area (Å²) in [6.45, 7) is 4.38. The first-order valence-electron chi connectivity index (χ1n) is 10.8. The van der Waals surface area contributed by atoms with Crippen molar-refractivity contribution in [3.8, 4) is 0 Å². The fourth-order valence-electron chi connectivity index (χ4n) is 3.99. The summed E-state index contributed by atoms with van der Waals surface area (Å²) in [6, 6.07) is 15.3.